The van der Waals surface area contributed by atoms with E-state index >= 15 is 0 Å². The van der Waals surface area contributed by atoms with Crippen LogP contribution in [0.1, 0.15) is 5.56 Å². The van der Waals surface area contributed by atoms with Crippen LogP contribution in [0.3, 0.4) is 0 Å². The molecule has 0 saturated carbocycles. The maximum absolute atomic E-state index is 10.2. The number of rotatable bonds is 8. The Morgan fingerprint density at radius 3 is 2.83 bits per heavy atom. The lowest BCUT2D eigenvalue weighted by Crippen LogP contribution is -2.20. The molecule has 0 unspecified atom stereocenters. The molecular weight excluding hydrogens is 388 g/mol. The fourth-order valence-electron chi connectivity index (χ4n) is 2.83. The van der Waals surface area contributed by atoms with Crippen molar-refractivity contribution in [3.05, 3.63) is 60.3 Å². The lowest BCUT2D eigenvalue weighted by molar-refractivity contribution is 0.126. The molecule has 0 radical (unpaired) electrons. The number of para-hydroxylation sites is 1. The van der Waals surface area contributed by atoms with Gasteiger partial charge in [0.2, 0.25) is 0 Å². The van der Waals surface area contributed by atoms with Crippen molar-refractivity contribution in [1.29, 1.82) is 5.26 Å². The van der Waals surface area contributed by atoms with Gasteiger partial charge in [0.1, 0.15) is 12.4 Å². The third kappa shape index (κ3) is 4.59. The molecule has 0 aliphatic rings. The second-order valence-electron chi connectivity index (χ2n) is 6.38. The van der Waals surface area contributed by atoms with E-state index < -0.39 is 6.10 Å². The van der Waals surface area contributed by atoms with Crippen molar-refractivity contribution in [3.63, 3.8) is 0 Å². The van der Waals surface area contributed by atoms with Gasteiger partial charge in [-0.3, -0.25) is 0 Å². The van der Waals surface area contributed by atoms with Gasteiger partial charge in [-0.1, -0.05) is 42.1 Å². The molecule has 0 fully saturated rings. The van der Waals surface area contributed by atoms with Crippen LogP contribution in [0.5, 0.6) is 5.75 Å². The summed E-state index contributed by atoms with van der Waals surface area (Å²) < 4.78 is 11.3. The Bertz CT molecular complexity index is 1130. The monoisotopic (exact) mass is 406 g/mol. The normalized spacial score (nSPS) is 12.0. The summed E-state index contributed by atoms with van der Waals surface area (Å²) >= 11 is 1.28. The fraction of sp³-hybridized carbons (Fsp3) is 0.190. The van der Waals surface area contributed by atoms with Crippen LogP contribution in [0.4, 0.5) is 0 Å². The number of aromatic nitrogens is 3. The van der Waals surface area contributed by atoms with E-state index in [0.717, 1.165) is 22.0 Å². The second kappa shape index (κ2) is 8.82. The third-order valence-electron chi connectivity index (χ3n) is 4.27. The van der Waals surface area contributed by atoms with E-state index in [-0.39, 0.29) is 6.61 Å². The van der Waals surface area contributed by atoms with E-state index in [1.807, 2.05) is 42.6 Å². The molecular formula is C21H18N4O3S. The molecule has 0 saturated heterocycles. The molecule has 0 amide bonds. The number of nitrogens with zero attached hydrogens (tertiary/aromatic N) is 3. The van der Waals surface area contributed by atoms with E-state index in [1.54, 1.807) is 12.1 Å². The van der Waals surface area contributed by atoms with Gasteiger partial charge < -0.3 is 19.2 Å². The number of nitrogens with one attached hydrogen (secondary N) is 1. The number of hydrogen-bond acceptors (Lipinski definition) is 7. The third-order valence-corrected chi connectivity index (χ3v) is 5.24. The number of aliphatic hydroxyl groups is 1. The Morgan fingerprint density at radius 2 is 2.00 bits per heavy atom. The van der Waals surface area contributed by atoms with Gasteiger partial charge in [0.15, 0.2) is 0 Å². The highest BCUT2D eigenvalue weighted by Gasteiger charge is 2.15. The summed E-state index contributed by atoms with van der Waals surface area (Å²) in [5.74, 6) is 1.45. The van der Waals surface area contributed by atoms with Crippen LogP contribution in [0.25, 0.3) is 22.4 Å². The minimum absolute atomic E-state index is 0.147. The zero-order chi connectivity index (χ0) is 20.1. The maximum atomic E-state index is 10.2. The van der Waals surface area contributed by atoms with Gasteiger partial charge in [-0.2, -0.15) is 5.26 Å². The first-order chi connectivity index (χ1) is 14.2. The summed E-state index contributed by atoms with van der Waals surface area (Å²) in [5.41, 5.74) is 2.78. The largest absolute Gasteiger partial charge is 0.491 e. The number of benzene rings is 2. The molecule has 29 heavy (non-hydrogen) atoms. The van der Waals surface area contributed by atoms with E-state index in [0.29, 0.717) is 29.0 Å². The molecule has 7 nitrogen and oxygen atoms in total. The number of H-pyrrole nitrogens is 1. The molecule has 0 spiro atoms. The molecule has 0 bridgehead atoms. The van der Waals surface area contributed by atoms with Crippen LogP contribution in [0.2, 0.25) is 0 Å². The van der Waals surface area contributed by atoms with Crippen LogP contribution in [-0.4, -0.2) is 38.8 Å². The van der Waals surface area contributed by atoms with Gasteiger partial charge in [-0.15, -0.1) is 10.2 Å². The Labute approximate surface area is 171 Å². The highest BCUT2D eigenvalue weighted by Crippen LogP contribution is 2.29. The summed E-state index contributed by atoms with van der Waals surface area (Å²) in [7, 11) is 0. The zero-order valence-electron chi connectivity index (χ0n) is 15.4. The molecule has 2 N–H and O–H groups in total. The van der Waals surface area contributed by atoms with Crippen molar-refractivity contribution >= 4 is 22.7 Å². The van der Waals surface area contributed by atoms with Crippen molar-refractivity contribution in [1.82, 2.24) is 15.2 Å². The molecule has 2 aromatic heterocycles. The number of ether oxygens (including phenoxy) is 1. The molecule has 4 aromatic rings. The predicted molar refractivity (Wildman–Crippen MR) is 110 cm³/mol. The fourth-order valence-corrected chi connectivity index (χ4v) is 3.50. The number of aliphatic hydroxyl groups excluding tert-OH is 1. The zero-order valence-corrected chi connectivity index (χ0v) is 16.2. The van der Waals surface area contributed by atoms with Gasteiger partial charge in [-0.05, 0) is 23.8 Å². The highest BCUT2D eigenvalue weighted by atomic mass is 32.2. The Kier molecular flexibility index (Phi) is 5.79. The van der Waals surface area contributed by atoms with Crippen molar-refractivity contribution in [2.75, 3.05) is 12.4 Å². The molecule has 1 atom stereocenters. The second-order valence-corrected chi connectivity index (χ2v) is 7.35. The van der Waals surface area contributed by atoms with Crippen LogP contribution < -0.4 is 4.74 Å². The van der Waals surface area contributed by atoms with Gasteiger partial charge in [0, 0.05) is 22.9 Å². The van der Waals surface area contributed by atoms with E-state index in [2.05, 4.69) is 21.3 Å². The van der Waals surface area contributed by atoms with Crippen LogP contribution in [-0.2, 0) is 6.42 Å². The van der Waals surface area contributed by atoms with Gasteiger partial charge >= 0.3 is 0 Å². The van der Waals surface area contributed by atoms with E-state index in [9.17, 15) is 5.11 Å². The van der Waals surface area contributed by atoms with Crippen molar-refractivity contribution < 1.29 is 14.3 Å². The van der Waals surface area contributed by atoms with Crippen molar-refractivity contribution in [2.45, 2.75) is 17.7 Å². The number of fused-ring (bicyclic) bond motifs is 1. The van der Waals surface area contributed by atoms with Crippen molar-refractivity contribution in [3.8, 4) is 23.3 Å². The molecule has 2 aromatic carbocycles. The number of aromatic amines is 1. The average Bonchev–Trinajstić information content (AvgIpc) is 3.38. The summed E-state index contributed by atoms with van der Waals surface area (Å²) in [5, 5.41) is 28.4. The Hall–Kier alpha value is -3.28. The minimum Gasteiger partial charge on any atom is -0.491 e. The van der Waals surface area contributed by atoms with E-state index in [1.165, 1.54) is 11.8 Å². The first kappa shape index (κ1) is 19.1. The van der Waals surface area contributed by atoms with Crippen molar-refractivity contribution in [2.24, 2.45) is 0 Å². The predicted octanol–water partition coefficient (Wildman–Crippen LogP) is 3.82. The summed E-state index contributed by atoms with van der Waals surface area (Å²) in [6.45, 7) is 0.147. The van der Waals surface area contributed by atoms with Crippen LogP contribution >= 0.6 is 11.8 Å². The van der Waals surface area contributed by atoms with Crippen LogP contribution in [0.15, 0.2) is 64.4 Å². The maximum Gasteiger partial charge on any atom is 0.276 e. The van der Waals surface area contributed by atoms with Gasteiger partial charge in [-0.25, -0.2) is 0 Å². The Morgan fingerprint density at radius 1 is 1.17 bits per heavy atom. The summed E-state index contributed by atoms with van der Waals surface area (Å²) in [6, 6.07) is 17.2. The van der Waals surface area contributed by atoms with Gasteiger partial charge in [0.25, 0.3) is 11.1 Å². The van der Waals surface area contributed by atoms with Crippen LogP contribution in [0, 0.1) is 11.3 Å². The number of hydrogen-bond donors (Lipinski definition) is 2. The highest BCUT2D eigenvalue weighted by molar-refractivity contribution is 7.99. The standard InChI is InChI=1S/C21H18N4O3S/c22-10-9-14-5-7-16(8-6-14)27-12-15(26)13-29-21-25-24-20(28-21)18-11-23-19-4-2-1-3-17(18)19/h1-8,11,15,23,26H,9,12-13H2/t15-/m1/s1. The topological polar surface area (TPSA) is 108 Å². The Balaban J connectivity index is 1.30. The minimum atomic E-state index is -0.692. The number of nitriles is 1. The molecule has 0 aliphatic carbocycles. The average molecular weight is 406 g/mol. The van der Waals surface area contributed by atoms with Gasteiger partial charge in [0.05, 0.1) is 24.2 Å². The molecule has 2 heterocycles. The smallest absolute Gasteiger partial charge is 0.276 e. The lowest BCUT2D eigenvalue weighted by Gasteiger charge is -2.11. The molecule has 146 valence electrons. The molecule has 0 aliphatic heterocycles. The van der Waals surface area contributed by atoms with E-state index in [4.69, 9.17) is 14.4 Å². The summed E-state index contributed by atoms with van der Waals surface area (Å²) in [4.78, 5) is 3.18. The number of thioether (sulfide) groups is 1. The SMILES string of the molecule is N#CCc1ccc(OC[C@@H](O)CSc2nnc(-c3c[nH]c4ccccc34)o2)cc1. The first-order valence-electron chi connectivity index (χ1n) is 9.02. The lowest BCUT2D eigenvalue weighted by atomic mass is 10.2. The quantitative estimate of drug-likeness (QED) is 0.428. The first-order valence-corrected chi connectivity index (χ1v) is 10.0. The summed E-state index contributed by atoms with van der Waals surface area (Å²) in [6.07, 6.45) is 1.52. The molecule has 8 heteroatoms. The molecule has 4 rings (SSSR count).